The van der Waals surface area contributed by atoms with Gasteiger partial charge in [-0.1, -0.05) is 18.2 Å². The zero-order valence-electron chi connectivity index (χ0n) is 18.7. The number of carbonyl (C=O) groups is 2. The second-order valence-electron chi connectivity index (χ2n) is 7.92. The fourth-order valence-corrected chi connectivity index (χ4v) is 3.81. The van der Waals surface area contributed by atoms with E-state index in [0.29, 0.717) is 33.7 Å². The van der Waals surface area contributed by atoms with E-state index in [1.807, 2.05) is 24.3 Å². The third-order valence-corrected chi connectivity index (χ3v) is 5.63. The Hall–Kier alpha value is -5.24. The number of rotatable bonds is 6. The fraction of sp³-hybridized carbons (Fsp3) is 0. The van der Waals surface area contributed by atoms with E-state index in [1.165, 1.54) is 28.9 Å². The Balaban J connectivity index is 1.53. The summed E-state index contributed by atoms with van der Waals surface area (Å²) in [7, 11) is 0. The number of ether oxygens (including phenoxy) is 1. The molecule has 36 heavy (non-hydrogen) atoms. The Bertz CT molecular complexity index is 1650. The molecule has 0 aliphatic heterocycles. The van der Waals surface area contributed by atoms with Crippen LogP contribution in [-0.4, -0.2) is 31.9 Å². The number of carboxylic acids is 2. The van der Waals surface area contributed by atoms with E-state index in [9.17, 15) is 14.4 Å². The number of carboxylic acid groups (broad SMARTS) is 2. The molecular formula is C28H18N2O6. The van der Waals surface area contributed by atoms with Crippen LogP contribution in [0.15, 0.2) is 102 Å². The third-order valence-electron chi connectivity index (χ3n) is 5.63. The third kappa shape index (κ3) is 4.30. The van der Waals surface area contributed by atoms with E-state index in [2.05, 4.69) is 5.10 Å². The topological polar surface area (TPSA) is 119 Å². The SMILES string of the molecule is O=C(O)c1ccc(Oc2ccc(-c3nn(-c4ccc(C(=O)O)cc4)c(=O)c4ccccc34)cc2)cc1. The standard InChI is InChI=1S/C28H18N2O6/c31-26-24-4-2-1-3-23(24)25(29-30(26)20-11-5-18(6-12-20)27(32)33)17-7-13-21(14-8-17)36-22-15-9-19(10-16-22)28(34)35/h1-16H,(H,32,33)(H,34,35). The van der Waals surface area contributed by atoms with Crippen molar-refractivity contribution in [2.45, 2.75) is 0 Å². The van der Waals surface area contributed by atoms with Gasteiger partial charge in [0.25, 0.3) is 5.56 Å². The zero-order valence-corrected chi connectivity index (χ0v) is 18.7. The van der Waals surface area contributed by atoms with Gasteiger partial charge in [-0.2, -0.15) is 9.78 Å². The van der Waals surface area contributed by atoms with Crippen molar-refractivity contribution in [3.05, 3.63) is 119 Å². The van der Waals surface area contributed by atoms with Gasteiger partial charge in [0.15, 0.2) is 0 Å². The van der Waals surface area contributed by atoms with Crippen LogP contribution in [0.3, 0.4) is 0 Å². The second-order valence-corrected chi connectivity index (χ2v) is 7.92. The Morgan fingerprint density at radius 3 is 1.72 bits per heavy atom. The number of nitrogens with zero attached hydrogens (tertiary/aromatic N) is 2. The summed E-state index contributed by atoms with van der Waals surface area (Å²) in [6.45, 7) is 0. The van der Waals surface area contributed by atoms with Crippen LogP contribution in [0.25, 0.3) is 27.7 Å². The molecular weight excluding hydrogens is 460 g/mol. The summed E-state index contributed by atoms with van der Waals surface area (Å²) in [6, 6.07) is 26.3. The van der Waals surface area contributed by atoms with Crippen molar-refractivity contribution in [2.75, 3.05) is 0 Å². The predicted octanol–water partition coefficient (Wildman–Crippen LogP) is 5.24. The molecule has 0 amide bonds. The molecule has 0 aliphatic carbocycles. The Labute approximate surface area is 204 Å². The lowest BCUT2D eigenvalue weighted by Gasteiger charge is -2.12. The van der Waals surface area contributed by atoms with E-state index in [0.717, 1.165) is 5.56 Å². The molecule has 0 saturated heterocycles. The fourth-order valence-electron chi connectivity index (χ4n) is 3.81. The van der Waals surface area contributed by atoms with E-state index in [4.69, 9.17) is 14.9 Å². The highest BCUT2D eigenvalue weighted by Gasteiger charge is 2.14. The van der Waals surface area contributed by atoms with Gasteiger partial charge in [0.05, 0.1) is 27.9 Å². The van der Waals surface area contributed by atoms with E-state index < -0.39 is 11.9 Å². The van der Waals surface area contributed by atoms with E-state index in [1.54, 1.807) is 48.5 Å². The number of hydrogen-bond acceptors (Lipinski definition) is 5. The van der Waals surface area contributed by atoms with Crippen molar-refractivity contribution >= 4 is 22.7 Å². The molecule has 5 rings (SSSR count). The summed E-state index contributed by atoms with van der Waals surface area (Å²) >= 11 is 0. The summed E-state index contributed by atoms with van der Waals surface area (Å²) in [5.74, 6) is -1.02. The van der Waals surface area contributed by atoms with Gasteiger partial charge < -0.3 is 14.9 Å². The number of aromatic carboxylic acids is 2. The van der Waals surface area contributed by atoms with Gasteiger partial charge in [0.1, 0.15) is 11.5 Å². The molecule has 0 unspecified atom stereocenters. The minimum Gasteiger partial charge on any atom is -0.478 e. The first kappa shape index (κ1) is 22.5. The number of fused-ring (bicyclic) bond motifs is 1. The molecule has 176 valence electrons. The summed E-state index contributed by atoms with van der Waals surface area (Å²) < 4.78 is 7.08. The highest BCUT2D eigenvalue weighted by Crippen LogP contribution is 2.29. The number of aromatic nitrogens is 2. The monoisotopic (exact) mass is 478 g/mol. The minimum absolute atomic E-state index is 0.112. The largest absolute Gasteiger partial charge is 0.478 e. The van der Waals surface area contributed by atoms with Crippen LogP contribution < -0.4 is 10.3 Å². The molecule has 8 heteroatoms. The molecule has 0 fully saturated rings. The normalized spacial score (nSPS) is 10.8. The summed E-state index contributed by atoms with van der Waals surface area (Å²) in [5.41, 5.74) is 1.73. The van der Waals surface area contributed by atoms with Crippen molar-refractivity contribution in [3.63, 3.8) is 0 Å². The number of benzene rings is 4. The Morgan fingerprint density at radius 1 is 0.667 bits per heavy atom. The first-order valence-corrected chi connectivity index (χ1v) is 10.9. The molecule has 5 aromatic rings. The minimum atomic E-state index is -1.05. The van der Waals surface area contributed by atoms with Gasteiger partial charge in [-0.3, -0.25) is 4.79 Å². The van der Waals surface area contributed by atoms with Gasteiger partial charge in [-0.15, -0.1) is 0 Å². The number of hydrogen-bond donors (Lipinski definition) is 2. The maximum atomic E-state index is 13.2. The summed E-state index contributed by atoms with van der Waals surface area (Å²) in [5, 5.41) is 24.0. The van der Waals surface area contributed by atoms with Crippen LogP contribution in [0, 0.1) is 0 Å². The van der Waals surface area contributed by atoms with Gasteiger partial charge in [0.2, 0.25) is 0 Å². The van der Waals surface area contributed by atoms with Gasteiger partial charge in [-0.25, -0.2) is 9.59 Å². The molecule has 0 saturated carbocycles. The smallest absolute Gasteiger partial charge is 0.335 e. The molecule has 0 aliphatic rings. The van der Waals surface area contributed by atoms with E-state index >= 15 is 0 Å². The molecule has 1 aromatic heterocycles. The highest BCUT2D eigenvalue weighted by atomic mass is 16.5. The molecule has 4 aromatic carbocycles. The summed E-state index contributed by atoms with van der Waals surface area (Å²) in [6.07, 6.45) is 0. The molecule has 0 spiro atoms. The molecule has 1 heterocycles. The van der Waals surface area contributed by atoms with Crippen LogP contribution in [0.5, 0.6) is 11.5 Å². The maximum absolute atomic E-state index is 13.2. The second kappa shape index (κ2) is 9.19. The van der Waals surface area contributed by atoms with Gasteiger partial charge in [-0.05, 0) is 78.9 Å². The van der Waals surface area contributed by atoms with Crippen LogP contribution in [0.2, 0.25) is 0 Å². The van der Waals surface area contributed by atoms with Crippen LogP contribution >= 0.6 is 0 Å². The lowest BCUT2D eigenvalue weighted by atomic mass is 10.0. The molecule has 8 nitrogen and oxygen atoms in total. The van der Waals surface area contributed by atoms with Crippen molar-refractivity contribution in [3.8, 4) is 28.4 Å². The maximum Gasteiger partial charge on any atom is 0.335 e. The lowest BCUT2D eigenvalue weighted by Crippen LogP contribution is -2.22. The molecule has 0 bridgehead atoms. The van der Waals surface area contributed by atoms with Crippen molar-refractivity contribution < 1.29 is 24.5 Å². The lowest BCUT2D eigenvalue weighted by molar-refractivity contribution is 0.0686. The first-order valence-electron chi connectivity index (χ1n) is 10.9. The highest BCUT2D eigenvalue weighted by molar-refractivity contribution is 5.94. The Kier molecular flexibility index (Phi) is 5.75. The van der Waals surface area contributed by atoms with Crippen LogP contribution in [0.1, 0.15) is 20.7 Å². The van der Waals surface area contributed by atoms with Gasteiger partial charge in [0, 0.05) is 10.9 Å². The molecule has 0 radical (unpaired) electrons. The van der Waals surface area contributed by atoms with Crippen LogP contribution in [-0.2, 0) is 0 Å². The van der Waals surface area contributed by atoms with Crippen molar-refractivity contribution in [1.29, 1.82) is 0 Å². The quantitative estimate of drug-likeness (QED) is 0.342. The molecule has 0 atom stereocenters. The van der Waals surface area contributed by atoms with Crippen LogP contribution in [0.4, 0.5) is 0 Å². The van der Waals surface area contributed by atoms with Crippen molar-refractivity contribution in [1.82, 2.24) is 9.78 Å². The first-order chi connectivity index (χ1) is 17.4. The average Bonchev–Trinajstić information content (AvgIpc) is 2.90. The zero-order chi connectivity index (χ0) is 25.2. The van der Waals surface area contributed by atoms with Gasteiger partial charge >= 0.3 is 11.9 Å². The summed E-state index contributed by atoms with van der Waals surface area (Å²) in [4.78, 5) is 35.4. The average molecular weight is 478 g/mol. The predicted molar refractivity (Wildman–Crippen MR) is 133 cm³/mol. The molecule has 2 N–H and O–H groups in total. The Morgan fingerprint density at radius 2 is 1.17 bits per heavy atom. The van der Waals surface area contributed by atoms with Crippen molar-refractivity contribution in [2.24, 2.45) is 0 Å². The van der Waals surface area contributed by atoms with E-state index in [-0.39, 0.29) is 16.7 Å².